The predicted octanol–water partition coefficient (Wildman–Crippen LogP) is 20.7. The SMILES string of the molecule is CC/C=C\C/C=C\C/C=C\C/C=C\CCCCCCC(=O)OC(COC(=O)CCCCCCC/C=C\C/C=C\CCCCC)COC(=O)CCCCCCCCCC/C=C\C/C=C\C/C=C\CCCCCCC. The van der Waals surface area contributed by atoms with Crippen molar-refractivity contribution in [2.24, 2.45) is 0 Å². The lowest BCUT2D eigenvalue weighted by atomic mass is 10.1. The average Bonchev–Trinajstić information content (AvgIpc) is 3.39. The molecule has 73 heavy (non-hydrogen) atoms. The highest BCUT2D eigenvalue weighted by Gasteiger charge is 2.19. The molecule has 0 rings (SSSR count). The molecule has 0 fully saturated rings. The Hall–Kier alpha value is -3.93. The Morgan fingerprint density at radius 3 is 0.863 bits per heavy atom. The Morgan fingerprint density at radius 1 is 0.288 bits per heavy atom. The van der Waals surface area contributed by atoms with E-state index >= 15 is 0 Å². The lowest BCUT2D eigenvalue weighted by Crippen LogP contribution is -2.30. The first-order valence-corrected chi connectivity index (χ1v) is 30.4. The number of unbranched alkanes of at least 4 members (excludes halogenated alkanes) is 25. The van der Waals surface area contributed by atoms with Gasteiger partial charge < -0.3 is 14.2 Å². The van der Waals surface area contributed by atoms with Crippen LogP contribution in [0, 0.1) is 0 Å². The molecule has 0 aromatic rings. The highest BCUT2D eigenvalue weighted by atomic mass is 16.6. The molecular weight excluding hydrogens is 901 g/mol. The van der Waals surface area contributed by atoms with E-state index < -0.39 is 6.10 Å². The molecule has 6 heteroatoms. The molecule has 0 saturated carbocycles. The molecule has 1 atom stereocenters. The minimum Gasteiger partial charge on any atom is -0.462 e. The molecule has 0 aromatic heterocycles. The van der Waals surface area contributed by atoms with Gasteiger partial charge in [-0.2, -0.15) is 0 Å². The molecule has 0 N–H and O–H groups in total. The summed E-state index contributed by atoms with van der Waals surface area (Å²) in [5.74, 6) is -0.940. The molecule has 0 aliphatic carbocycles. The smallest absolute Gasteiger partial charge is 0.306 e. The van der Waals surface area contributed by atoms with Crippen molar-refractivity contribution in [3.63, 3.8) is 0 Å². The van der Waals surface area contributed by atoms with Crippen molar-refractivity contribution < 1.29 is 28.6 Å². The van der Waals surface area contributed by atoms with E-state index in [1.807, 2.05) is 0 Å². The Morgan fingerprint density at radius 2 is 0.534 bits per heavy atom. The normalized spacial score (nSPS) is 12.9. The highest BCUT2D eigenvalue weighted by Crippen LogP contribution is 2.14. The van der Waals surface area contributed by atoms with Crippen LogP contribution >= 0.6 is 0 Å². The Labute approximate surface area is 450 Å². The van der Waals surface area contributed by atoms with E-state index in [0.717, 1.165) is 141 Å². The van der Waals surface area contributed by atoms with Crippen LogP contribution in [0.1, 0.15) is 278 Å². The van der Waals surface area contributed by atoms with E-state index in [1.165, 1.54) is 96.3 Å². The molecule has 0 amide bonds. The molecule has 416 valence electrons. The monoisotopic (exact) mass is 1010 g/mol. The third-order valence-corrected chi connectivity index (χ3v) is 12.7. The lowest BCUT2D eigenvalue weighted by Gasteiger charge is -2.18. The third-order valence-electron chi connectivity index (χ3n) is 12.7. The van der Waals surface area contributed by atoms with Crippen molar-refractivity contribution in [1.82, 2.24) is 0 Å². The van der Waals surface area contributed by atoms with E-state index in [4.69, 9.17) is 14.2 Å². The first-order valence-electron chi connectivity index (χ1n) is 30.4. The summed E-state index contributed by atoms with van der Waals surface area (Å²) >= 11 is 0. The van der Waals surface area contributed by atoms with Crippen LogP contribution in [0.15, 0.2) is 109 Å². The van der Waals surface area contributed by atoms with Crippen molar-refractivity contribution in [2.75, 3.05) is 13.2 Å². The molecule has 0 spiro atoms. The number of hydrogen-bond acceptors (Lipinski definition) is 6. The van der Waals surface area contributed by atoms with Crippen molar-refractivity contribution >= 4 is 17.9 Å². The van der Waals surface area contributed by atoms with Crippen LogP contribution in [0.5, 0.6) is 0 Å². The zero-order chi connectivity index (χ0) is 52.9. The van der Waals surface area contributed by atoms with Gasteiger partial charge in [0.15, 0.2) is 6.10 Å². The van der Waals surface area contributed by atoms with Crippen LogP contribution < -0.4 is 0 Å². The first-order chi connectivity index (χ1) is 36.0. The molecular formula is C67H112O6. The van der Waals surface area contributed by atoms with E-state index in [9.17, 15) is 14.4 Å². The maximum absolute atomic E-state index is 12.9. The summed E-state index contributed by atoms with van der Waals surface area (Å²) in [7, 11) is 0. The van der Waals surface area contributed by atoms with Gasteiger partial charge in [0.05, 0.1) is 0 Å². The highest BCUT2D eigenvalue weighted by molar-refractivity contribution is 5.71. The third kappa shape index (κ3) is 58.8. The fraction of sp³-hybridized carbons (Fsp3) is 0.687. The molecule has 0 heterocycles. The zero-order valence-electron chi connectivity index (χ0n) is 47.6. The Kier molecular flexibility index (Phi) is 57.4. The molecule has 0 saturated heterocycles. The number of carbonyl (C=O) groups excluding carboxylic acids is 3. The number of esters is 3. The quantitative estimate of drug-likeness (QED) is 0.0261. The van der Waals surface area contributed by atoms with Gasteiger partial charge in [0, 0.05) is 19.3 Å². The number of ether oxygens (including phenoxy) is 3. The van der Waals surface area contributed by atoms with E-state index in [-0.39, 0.29) is 31.1 Å². The maximum Gasteiger partial charge on any atom is 0.306 e. The van der Waals surface area contributed by atoms with Gasteiger partial charge in [-0.25, -0.2) is 0 Å². The summed E-state index contributed by atoms with van der Waals surface area (Å²) in [4.78, 5) is 38.2. The Bertz CT molecular complexity index is 1490. The molecule has 0 radical (unpaired) electrons. The second-order valence-corrected chi connectivity index (χ2v) is 19.9. The Balaban J connectivity index is 4.43. The van der Waals surface area contributed by atoms with Gasteiger partial charge >= 0.3 is 17.9 Å². The van der Waals surface area contributed by atoms with Gasteiger partial charge in [0.2, 0.25) is 0 Å². The molecule has 0 bridgehead atoms. The number of carbonyl (C=O) groups is 3. The second-order valence-electron chi connectivity index (χ2n) is 19.9. The van der Waals surface area contributed by atoms with Crippen LogP contribution in [-0.2, 0) is 28.6 Å². The number of rotatable bonds is 54. The molecule has 6 nitrogen and oxygen atoms in total. The number of allylic oxidation sites excluding steroid dienone is 18. The largest absolute Gasteiger partial charge is 0.462 e. The maximum atomic E-state index is 12.9. The van der Waals surface area contributed by atoms with Gasteiger partial charge in [0.25, 0.3) is 0 Å². The van der Waals surface area contributed by atoms with Gasteiger partial charge in [0.1, 0.15) is 13.2 Å². The van der Waals surface area contributed by atoms with Crippen molar-refractivity contribution in [2.45, 2.75) is 284 Å². The summed E-state index contributed by atoms with van der Waals surface area (Å²) in [6, 6.07) is 0. The second kappa shape index (κ2) is 60.6. The minimum atomic E-state index is -0.803. The van der Waals surface area contributed by atoms with E-state index in [0.29, 0.717) is 19.3 Å². The molecule has 0 aromatic carbocycles. The van der Waals surface area contributed by atoms with E-state index in [2.05, 4.69) is 130 Å². The fourth-order valence-electron chi connectivity index (χ4n) is 8.18. The fourth-order valence-corrected chi connectivity index (χ4v) is 8.18. The lowest BCUT2D eigenvalue weighted by molar-refractivity contribution is -0.167. The van der Waals surface area contributed by atoms with Gasteiger partial charge in [-0.05, 0) is 128 Å². The summed E-state index contributed by atoms with van der Waals surface area (Å²) in [6.07, 6.45) is 82.2. The van der Waals surface area contributed by atoms with Crippen molar-refractivity contribution in [3.8, 4) is 0 Å². The standard InChI is InChI=1S/C67H112O6/c1-4-7-10-13-16-19-22-25-28-30-31-32-33-34-35-37-39-42-45-48-51-54-57-60-66(69)72-63-64(62-71-65(68)59-56-53-50-47-44-41-38-27-24-21-18-15-12-9-6-3)73-67(70)61-58-55-52-49-46-43-40-36-29-26-23-20-17-14-11-8-5-2/h8,11,17-18,20-22,25-27,29-31,33-34,38,40,43,64H,4-7,9-10,12-16,19,23-24,28,32,35-37,39,41-42,44-63H2,1-3H3/b11-8-,20-17-,21-18-,25-22-,29-26-,31-30-,34-33-,38-27-,43-40-. The van der Waals surface area contributed by atoms with Gasteiger partial charge in [-0.15, -0.1) is 0 Å². The van der Waals surface area contributed by atoms with Crippen LogP contribution in [0.3, 0.4) is 0 Å². The van der Waals surface area contributed by atoms with Crippen LogP contribution in [-0.4, -0.2) is 37.2 Å². The summed E-state index contributed by atoms with van der Waals surface area (Å²) in [5, 5.41) is 0. The van der Waals surface area contributed by atoms with Gasteiger partial charge in [-0.3, -0.25) is 14.4 Å². The van der Waals surface area contributed by atoms with Crippen LogP contribution in [0.25, 0.3) is 0 Å². The predicted molar refractivity (Wildman–Crippen MR) is 316 cm³/mol. The van der Waals surface area contributed by atoms with Crippen molar-refractivity contribution in [1.29, 1.82) is 0 Å². The average molecular weight is 1010 g/mol. The molecule has 1 unspecified atom stereocenters. The summed E-state index contributed by atoms with van der Waals surface area (Å²) in [6.45, 7) is 6.46. The summed E-state index contributed by atoms with van der Waals surface area (Å²) < 4.78 is 16.9. The van der Waals surface area contributed by atoms with Crippen molar-refractivity contribution in [3.05, 3.63) is 109 Å². The first kappa shape index (κ1) is 69.1. The van der Waals surface area contributed by atoms with Crippen LogP contribution in [0.2, 0.25) is 0 Å². The zero-order valence-corrected chi connectivity index (χ0v) is 47.6. The van der Waals surface area contributed by atoms with Gasteiger partial charge in [-0.1, -0.05) is 239 Å². The minimum absolute atomic E-state index is 0.0980. The summed E-state index contributed by atoms with van der Waals surface area (Å²) in [5.41, 5.74) is 0. The molecule has 0 aliphatic rings. The molecule has 0 aliphatic heterocycles. The van der Waals surface area contributed by atoms with E-state index in [1.54, 1.807) is 0 Å². The topological polar surface area (TPSA) is 78.9 Å². The van der Waals surface area contributed by atoms with Crippen LogP contribution in [0.4, 0.5) is 0 Å². The number of hydrogen-bond donors (Lipinski definition) is 0.